The van der Waals surface area contributed by atoms with Crippen LogP contribution >= 0.6 is 11.6 Å². The lowest BCUT2D eigenvalue weighted by Gasteiger charge is -2.24. The topological polar surface area (TPSA) is 77.9 Å². The first-order chi connectivity index (χ1) is 11.0. The van der Waals surface area contributed by atoms with Crippen LogP contribution in [-0.4, -0.2) is 46.9 Å². The molecule has 2 saturated heterocycles. The average molecular weight is 337 g/mol. The van der Waals surface area contributed by atoms with Crippen LogP contribution in [0.1, 0.15) is 19.3 Å². The van der Waals surface area contributed by atoms with Gasteiger partial charge < -0.3 is 14.9 Å². The summed E-state index contributed by atoms with van der Waals surface area (Å²) >= 11 is 5.85. The highest BCUT2D eigenvalue weighted by atomic mass is 35.5. The second-order valence-corrected chi connectivity index (χ2v) is 6.35. The number of anilines is 1. The highest BCUT2D eigenvalue weighted by molar-refractivity contribution is 6.30. The predicted molar refractivity (Wildman–Crippen MR) is 84.3 cm³/mol. The maximum absolute atomic E-state index is 12.6. The SMILES string of the molecule is O=C(O)[C@H]1CCCN1C(=O)C1CC(=O)N(c2ccc(Cl)cc2)C1. The standard InChI is InChI=1S/C16H17ClN2O4/c17-11-3-5-12(6-4-11)19-9-10(8-14(19)20)15(21)18-7-1-2-13(18)16(22)23/h3-6,10,13H,1-2,7-9H2,(H,22,23)/t10?,13-/m1/s1. The molecule has 2 aliphatic rings. The summed E-state index contributed by atoms with van der Waals surface area (Å²) in [6.07, 6.45) is 1.28. The molecule has 122 valence electrons. The molecular weight excluding hydrogens is 320 g/mol. The molecule has 0 radical (unpaired) electrons. The number of carboxylic acids is 1. The van der Waals surface area contributed by atoms with E-state index in [1.807, 2.05) is 0 Å². The molecule has 3 rings (SSSR count). The molecule has 1 unspecified atom stereocenters. The van der Waals surface area contributed by atoms with Gasteiger partial charge in [0.1, 0.15) is 6.04 Å². The molecule has 2 heterocycles. The fourth-order valence-corrected chi connectivity index (χ4v) is 3.39. The van der Waals surface area contributed by atoms with E-state index in [-0.39, 0.29) is 24.8 Å². The molecule has 1 N–H and O–H groups in total. The lowest BCUT2D eigenvalue weighted by atomic mass is 10.1. The van der Waals surface area contributed by atoms with Crippen molar-refractivity contribution in [2.24, 2.45) is 5.92 Å². The number of carbonyl (C=O) groups excluding carboxylic acids is 2. The number of halogens is 1. The minimum atomic E-state index is -0.977. The van der Waals surface area contributed by atoms with Gasteiger partial charge in [-0.15, -0.1) is 0 Å². The van der Waals surface area contributed by atoms with E-state index < -0.39 is 17.9 Å². The number of benzene rings is 1. The molecule has 1 aromatic rings. The van der Waals surface area contributed by atoms with Gasteiger partial charge in [0.25, 0.3) is 0 Å². The molecule has 0 aliphatic carbocycles. The van der Waals surface area contributed by atoms with E-state index in [9.17, 15) is 19.5 Å². The second kappa shape index (κ2) is 6.20. The number of carboxylic acid groups (broad SMARTS) is 1. The fraction of sp³-hybridized carbons (Fsp3) is 0.438. The van der Waals surface area contributed by atoms with Crippen molar-refractivity contribution in [3.63, 3.8) is 0 Å². The molecule has 7 heteroatoms. The third-order valence-electron chi connectivity index (χ3n) is 4.43. The van der Waals surface area contributed by atoms with Crippen LogP contribution in [0.15, 0.2) is 24.3 Å². The van der Waals surface area contributed by atoms with E-state index in [1.165, 1.54) is 4.90 Å². The first kappa shape index (κ1) is 15.8. The maximum Gasteiger partial charge on any atom is 0.326 e. The van der Waals surface area contributed by atoms with Crippen molar-refractivity contribution < 1.29 is 19.5 Å². The van der Waals surface area contributed by atoms with Crippen LogP contribution in [-0.2, 0) is 14.4 Å². The average Bonchev–Trinajstić information content (AvgIpc) is 3.14. The zero-order valence-corrected chi connectivity index (χ0v) is 13.2. The Bertz CT molecular complexity index is 646. The molecule has 0 spiro atoms. The van der Waals surface area contributed by atoms with Crippen LogP contribution in [0.4, 0.5) is 5.69 Å². The molecule has 2 amide bonds. The molecule has 0 saturated carbocycles. The third-order valence-corrected chi connectivity index (χ3v) is 4.69. The molecule has 0 aromatic heterocycles. The van der Waals surface area contributed by atoms with E-state index in [0.717, 1.165) is 0 Å². The summed E-state index contributed by atoms with van der Waals surface area (Å²) in [5.74, 6) is -1.83. The quantitative estimate of drug-likeness (QED) is 0.912. The summed E-state index contributed by atoms with van der Waals surface area (Å²) in [7, 11) is 0. The second-order valence-electron chi connectivity index (χ2n) is 5.91. The van der Waals surface area contributed by atoms with Crippen molar-refractivity contribution >= 4 is 35.1 Å². The monoisotopic (exact) mass is 336 g/mol. The number of nitrogens with zero attached hydrogens (tertiary/aromatic N) is 2. The van der Waals surface area contributed by atoms with Crippen molar-refractivity contribution in [1.82, 2.24) is 4.90 Å². The summed E-state index contributed by atoms with van der Waals surface area (Å²) in [6, 6.07) is 6.11. The van der Waals surface area contributed by atoms with Gasteiger partial charge in [-0.25, -0.2) is 4.79 Å². The summed E-state index contributed by atoms with van der Waals surface area (Å²) in [5, 5.41) is 9.78. The highest BCUT2D eigenvalue weighted by Gasteiger charge is 2.42. The number of hydrogen-bond donors (Lipinski definition) is 1. The Labute approximate surface area is 138 Å². The molecule has 1 aromatic carbocycles. The summed E-state index contributed by atoms with van der Waals surface area (Å²) < 4.78 is 0. The smallest absolute Gasteiger partial charge is 0.326 e. The van der Waals surface area contributed by atoms with Crippen LogP contribution < -0.4 is 4.90 Å². The number of likely N-dealkylation sites (tertiary alicyclic amines) is 1. The molecular formula is C16H17ClN2O4. The Morgan fingerprint density at radius 3 is 2.57 bits per heavy atom. The van der Waals surface area contributed by atoms with Crippen LogP contribution in [0, 0.1) is 5.92 Å². The van der Waals surface area contributed by atoms with Crippen LogP contribution in [0.3, 0.4) is 0 Å². The van der Waals surface area contributed by atoms with E-state index >= 15 is 0 Å². The Kier molecular flexibility index (Phi) is 4.26. The molecule has 2 fully saturated rings. The minimum Gasteiger partial charge on any atom is -0.480 e. The first-order valence-corrected chi connectivity index (χ1v) is 7.94. The molecule has 2 aliphatic heterocycles. The van der Waals surface area contributed by atoms with Gasteiger partial charge in [0, 0.05) is 30.2 Å². The highest BCUT2D eigenvalue weighted by Crippen LogP contribution is 2.29. The Hall–Kier alpha value is -2.08. The van der Waals surface area contributed by atoms with Gasteiger partial charge in [0.05, 0.1) is 5.92 Å². The Morgan fingerprint density at radius 1 is 1.22 bits per heavy atom. The predicted octanol–water partition coefficient (Wildman–Crippen LogP) is 1.77. The van der Waals surface area contributed by atoms with E-state index in [1.54, 1.807) is 29.2 Å². The maximum atomic E-state index is 12.6. The summed E-state index contributed by atoms with van der Waals surface area (Å²) in [6.45, 7) is 0.726. The van der Waals surface area contributed by atoms with Gasteiger partial charge in [-0.05, 0) is 37.1 Å². The van der Waals surface area contributed by atoms with Crippen LogP contribution in [0.5, 0.6) is 0 Å². The Morgan fingerprint density at radius 2 is 1.91 bits per heavy atom. The minimum absolute atomic E-state index is 0.115. The van der Waals surface area contributed by atoms with Gasteiger partial charge in [-0.1, -0.05) is 11.6 Å². The summed E-state index contributed by atoms with van der Waals surface area (Å²) in [4.78, 5) is 39.0. The van der Waals surface area contributed by atoms with Gasteiger partial charge in [0.2, 0.25) is 11.8 Å². The lowest BCUT2D eigenvalue weighted by Crippen LogP contribution is -2.44. The van der Waals surface area contributed by atoms with Crippen molar-refractivity contribution in [3.8, 4) is 0 Å². The van der Waals surface area contributed by atoms with Gasteiger partial charge in [-0.2, -0.15) is 0 Å². The van der Waals surface area contributed by atoms with Gasteiger partial charge in [-0.3, -0.25) is 9.59 Å². The number of aliphatic carboxylic acids is 1. The van der Waals surface area contributed by atoms with Crippen molar-refractivity contribution in [1.29, 1.82) is 0 Å². The van der Waals surface area contributed by atoms with Gasteiger partial charge >= 0.3 is 5.97 Å². The van der Waals surface area contributed by atoms with Crippen molar-refractivity contribution in [2.45, 2.75) is 25.3 Å². The fourth-order valence-electron chi connectivity index (χ4n) is 3.27. The van der Waals surface area contributed by atoms with Crippen molar-refractivity contribution in [3.05, 3.63) is 29.3 Å². The Balaban J connectivity index is 1.73. The molecule has 23 heavy (non-hydrogen) atoms. The third kappa shape index (κ3) is 3.03. The zero-order chi connectivity index (χ0) is 16.6. The molecule has 0 bridgehead atoms. The number of carbonyl (C=O) groups is 3. The van der Waals surface area contributed by atoms with E-state index in [2.05, 4.69) is 0 Å². The lowest BCUT2D eigenvalue weighted by molar-refractivity contribution is -0.149. The van der Waals surface area contributed by atoms with Gasteiger partial charge in [0.15, 0.2) is 0 Å². The normalized spacial score (nSPS) is 24.3. The number of amides is 2. The molecule has 2 atom stereocenters. The summed E-state index contributed by atoms with van der Waals surface area (Å²) in [5.41, 5.74) is 0.700. The van der Waals surface area contributed by atoms with E-state index in [0.29, 0.717) is 30.1 Å². The largest absolute Gasteiger partial charge is 0.480 e. The first-order valence-electron chi connectivity index (χ1n) is 7.56. The number of hydrogen-bond acceptors (Lipinski definition) is 3. The van der Waals surface area contributed by atoms with Crippen LogP contribution in [0.2, 0.25) is 5.02 Å². The van der Waals surface area contributed by atoms with Crippen LogP contribution in [0.25, 0.3) is 0 Å². The van der Waals surface area contributed by atoms with Crippen molar-refractivity contribution in [2.75, 3.05) is 18.0 Å². The number of rotatable bonds is 3. The zero-order valence-electron chi connectivity index (χ0n) is 12.4. The molecule has 6 nitrogen and oxygen atoms in total. The van der Waals surface area contributed by atoms with E-state index in [4.69, 9.17) is 11.6 Å².